The maximum Gasteiger partial charge on any atom is 0.294 e. The van der Waals surface area contributed by atoms with Crippen molar-refractivity contribution in [3.05, 3.63) is 131 Å². The third kappa shape index (κ3) is 22.9. The smallest absolute Gasteiger partial charge is 0.294 e. The van der Waals surface area contributed by atoms with E-state index in [9.17, 15) is 55.5 Å². The zero-order chi connectivity index (χ0) is 68.7. The lowest BCUT2D eigenvalue weighted by Gasteiger charge is -2.32. The van der Waals surface area contributed by atoms with Crippen LogP contribution < -0.4 is 42.8 Å². The van der Waals surface area contributed by atoms with E-state index < -0.39 is 110 Å². The molecule has 0 spiro atoms. The molecule has 0 aromatic heterocycles. The van der Waals surface area contributed by atoms with Crippen molar-refractivity contribution in [1.29, 1.82) is 0 Å². The first-order chi connectivity index (χ1) is 44.7. The zero-order valence-electron chi connectivity index (χ0n) is 54.3. The Morgan fingerprint density at radius 3 is 1.88 bits per heavy atom. The number of unbranched alkanes of at least 4 members (excludes halogenated alkanes) is 5. The minimum atomic E-state index is -4.02. The molecule has 5 aromatic carbocycles. The van der Waals surface area contributed by atoms with Crippen molar-refractivity contribution in [3.8, 4) is 11.5 Å². The fourth-order valence-corrected chi connectivity index (χ4v) is 12.2. The molecule has 0 unspecified atom stereocenters. The van der Waals surface area contributed by atoms with Crippen LogP contribution in [0.2, 0.25) is 0 Å². The highest BCUT2D eigenvalue weighted by atomic mass is 32.2. The van der Waals surface area contributed by atoms with Crippen LogP contribution in [0.4, 0.5) is 0 Å². The summed E-state index contributed by atoms with van der Waals surface area (Å²) in [4.78, 5) is 103. The van der Waals surface area contributed by atoms with E-state index in [4.69, 9.17) is 25.3 Å². The number of fused-ring (bicyclic) bond motifs is 3. The second kappa shape index (κ2) is 36.0. The maximum absolute atomic E-state index is 14.5. The summed E-state index contributed by atoms with van der Waals surface area (Å²) in [5.41, 5.74) is 15.3. The minimum absolute atomic E-state index is 0.0622. The number of carbonyl (C=O) groups excluding carboxylic acids is 7. The Kier molecular flexibility index (Phi) is 28.8. The molecule has 3 heterocycles. The molecule has 12 N–H and O–H groups in total. The molecule has 26 heteroatoms. The van der Waals surface area contributed by atoms with Crippen molar-refractivity contribution in [1.82, 2.24) is 36.4 Å². The van der Waals surface area contributed by atoms with Crippen LogP contribution in [-0.2, 0) is 55.4 Å². The number of aromatic hydroxyl groups is 1. The number of nitrogens with two attached hydrogens (primary N) is 2. The Labute approximate surface area is 551 Å². The Morgan fingerprint density at radius 2 is 1.27 bits per heavy atom. The highest BCUT2D eigenvalue weighted by Crippen LogP contribution is 2.26. The number of nitrogens with one attached hydrogen (secondary N) is 5. The summed E-state index contributed by atoms with van der Waals surface area (Å²) < 4.78 is 65.1. The third-order valence-corrected chi connectivity index (χ3v) is 18.4. The number of phenolic OH excluding ortho intramolecular Hbond substituents is 1. The Balaban J connectivity index is 0.000000532. The molecule has 0 bridgehead atoms. The Morgan fingerprint density at radius 1 is 0.660 bits per heavy atom. The molecule has 3 aliphatic rings. The fourth-order valence-electron chi connectivity index (χ4n) is 11.3. The van der Waals surface area contributed by atoms with Crippen molar-refractivity contribution < 1.29 is 69.3 Å². The van der Waals surface area contributed by atoms with E-state index in [-0.39, 0.29) is 73.8 Å². The lowest BCUT2D eigenvalue weighted by Crippen LogP contribution is -2.60. The first-order valence-corrected chi connectivity index (χ1v) is 35.1. The summed E-state index contributed by atoms with van der Waals surface area (Å²) in [6.07, 6.45) is 9.17. The average molecular weight is 1340 g/mol. The molecule has 7 atom stereocenters. The van der Waals surface area contributed by atoms with Crippen LogP contribution in [0.1, 0.15) is 138 Å². The first kappa shape index (κ1) is 75.0. The highest BCUT2D eigenvalue weighted by molar-refractivity contribution is 7.86. The predicted molar refractivity (Wildman–Crippen MR) is 356 cm³/mol. The van der Waals surface area contributed by atoms with Crippen LogP contribution >= 0.6 is 0 Å². The molecule has 0 saturated carbocycles. The molecule has 94 heavy (non-hydrogen) atoms. The van der Waals surface area contributed by atoms with Gasteiger partial charge in [-0.1, -0.05) is 113 Å². The van der Waals surface area contributed by atoms with E-state index in [1.54, 1.807) is 62.4 Å². The van der Waals surface area contributed by atoms with Gasteiger partial charge in [-0.15, -0.1) is 0 Å². The van der Waals surface area contributed by atoms with Gasteiger partial charge in [-0.05, 0) is 168 Å². The number of rotatable bonds is 19. The number of hydrogen-bond donors (Lipinski definition) is 10. The van der Waals surface area contributed by atoms with Crippen LogP contribution in [0.3, 0.4) is 0 Å². The molecule has 5 aromatic rings. The van der Waals surface area contributed by atoms with Crippen molar-refractivity contribution in [3.63, 3.8) is 0 Å². The molecular formula is C68H93N9O15S2. The maximum atomic E-state index is 14.5. The molecular weight excluding hydrogens is 1250 g/mol. The molecule has 7 amide bonds. The third-order valence-electron chi connectivity index (χ3n) is 16.7. The predicted octanol–water partition coefficient (Wildman–Crippen LogP) is 6.18. The van der Waals surface area contributed by atoms with Gasteiger partial charge in [0.15, 0.2) is 0 Å². The topological polar surface area (TPSA) is 376 Å². The highest BCUT2D eigenvalue weighted by Gasteiger charge is 2.43. The average Bonchev–Trinajstić information content (AvgIpc) is 1.52. The Bertz CT molecular complexity index is 3520. The SMILES string of the molecule is CCCCCCCCOc1ccc2cc(C(=O)N[C@H]3CCCNC(=O)[C@@H]4C[C@H](N)CN4C(=O)[C@H](CCCN)NC(=O)[C@H](CCc4ccc(O)cc4)NC(=O)[C@@H]4CCCN4C(=O)[C@H](C(C)C)NC3=O)ccc2c1.Cc1ccc(S(=O)(=O)O)cc1.Cc1ccc(S(=O)(=O)O)cc1. The van der Waals surface area contributed by atoms with Gasteiger partial charge in [0.1, 0.15) is 47.8 Å². The van der Waals surface area contributed by atoms with E-state index in [2.05, 4.69) is 33.5 Å². The number of benzene rings is 5. The lowest BCUT2D eigenvalue weighted by atomic mass is 10.00. The first-order valence-electron chi connectivity index (χ1n) is 32.3. The van der Waals surface area contributed by atoms with Crippen LogP contribution in [0, 0.1) is 19.8 Å². The summed E-state index contributed by atoms with van der Waals surface area (Å²) in [5, 5.41) is 26.0. The van der Waals surface area contributed by atoms with Gasteiger partial charge in [-0.25, -0.2) is 0 Å². The normalized spacial score (nSPS) is 21.0. The summed E-state index contributed by atoms with van der Waals surface area (Å²) >= 11 is 0. The van der Waals surface area contributed by atoms with Gasteiger partial charge in [-0.2, -0.15) is 16.8 Å². The molecule has 3 saturated heterocycles. The molecule has 8 rings (SSSR count). The number of hydrogen-bond acceptors (Lipinski definition) is 15. The van der Waals surface area contributed by atoms with Gasteiger partial charge in [0.05, 0.1) is 16.4 Å². The monoisotopic (exact) mass is 1340 g/mol. The van der Waals surface area contributed by atoms with Crippen LogP contribution in [0.25, 0.3) is 10.8 Å². The van der Waals surface area contributed by atoms with Gasteiger partial charge in [-0.3, -0.25) is 42.7 Å². The molecule has 512 valence electrons. The van der Waals surface area contributed by atoms with Gasteiger partial charge in [0, 0.05) is 31.2 Å². The van der Waals surface area contributed by atoms with E-state index >= 15 is 0 Å². The number of phenols is 1. The fraction of sp³-hybridized carbons (Fsp3) is 0.485. The molecule has 0 radical (unpaired) electrons. The lowest BCUT2D eigenvalue weighted by molar-refractivity contribution is -0.143. The van der Waals surface area contributed by atoms with E-state index in [1.165, 1.54) is 71.9 Å². The minimum Gasteiger partial charge on any atom is -0.508 e. The number of nitrogens with zero attached hydrogens (tertiary/aromatic N) is 2. The summed E-state index contributed by atoms with van der Waals surface area (Å²) in [6, 6.07) is 22.5. The van der Waals surface area contributed by atoms with Crippen LogP contribution in [-0.4, -0.2) is 157 Å². The number of carbonyl (C=O) groups is 7. The molecule has 24 nitrogen and oxygen atoms in total. The Hall–Kier alpha value is -8.01. The number of ether oxygens (including phenoxy) is 1. The second-order valence-corrected chi connectivity index (χ2v) is 27.4. The van der Waals surface area contributed by atoms with Crippen molar-refractivity contribution in [2.75, 3.05) is 32.8 Å². The zero-order valence-corrected chi connectivity index (χ0v) is 55.9. The van der Waals surface area contributed by atoms with Gasteiger partial charge < -0.3 is 57.7 Å². The number of aryl methyl sites for hydroxylation is 3. The molecule has 3 aliphatic heterocycles. The van der Waals surface area contributed by atoms with Gasteiger partial charge >= 0.3 is 0 Å². The summed E-state index contributed by atoms with van der Waals surface area (Å²) in [6.45, 7) is 10.7. The van der Waals surface area contributed by atoms with Crippen molar-refractivity contribution in [2.45, 2.75) is 183 Å². The van der Waals surface area contributed by atoms with Crippen molar-refractivity contribution >= 4 is 72.4 Å². The van der Waals surface area contributed by atoms with E-state index in [1.807, 2.05) is 38.1 Å². The summed E-state index contributed by atoms with van der Waals surface area (Å²) in [7, 11) is -8.04. The van der Waals surface area contributed by atoms with Crippen LogP contribution in [0.5, 0.6) is 11.5 Å². The van der Waals surface area contributed by atoms with E-state index in [0.717, 1.165) is 46.1 Å². The van der Waals surface area contributed by atoms with Gasteiger partial charge in [0.25, 0.3) is 26.1 Å². The second-order valence-electron chi connectivity index (χ2n) is 24.6. The quantitative estimate of drug-likeness (QED) is 0.0326. The van der Waals surface area contributed by atoms with Crippen molar-refractivity contribution in [2.24, 2.45) is 17.4 Å². The molecule has 3 fully saturated rings. The van der Waals surface area contributed by atoms with Gasteiger partial charge in [0.2, 0.25) is 35.4 Å². The van der Waals surface area contributed by atoms with Crippen LogP contribution in [0.15, 0.2) is 119 Å². The largest absolute Gasteiger partial charge is 0.508 e. The summed E-state index contributed by atoms with van der Waals surface area (Å²) in [5.74, 6) is -3.43. The standard InChI is InChI=1S/C54H77N9O9.2C7H8O3S/c1-4-5-6-7-8-9-29-72-41-24-21-36-30-38(20-19-37(36)31-41)48(65)58-42-14-11-27-57-51(68)46-32-39(56)33-63(46)53(70)44(13-10-26-55)60-49(66)43(25-18-35-16-22-40(64)23-17-35)59-52(69)45-15-12-28-62(45)54(71)47(34(2)3)61-50(42)67;2*1-6-2-4-7(5-3-6)11(8,9)10/h16-17,19-24,30-31,34,39,42-47,64H,4-15,18,25-29,32-33,55-56H2,1-3H3,(H,57,68)(H,58,65)(H,59,69)(H,60,66)(H,61,67);2*2-5H,1H3,(H,8,9,10)/t39-,42-,43-,44-,45-,46-,47-;;/m0../s1. The number of amides is 7. The molecule has 0 aliphatic carbocycles. The van der Waals surface area contributed by atoms with E-state index in [0.29, 0.717) is 37.9 Å².